The number of unbranched alkanes of at least 4 members (excludes halogenated alkanes) is 1. The molecule has 2 aliphatic carbocycles. The summed E-state index contributed by atoms with van der Waals surface area (Å²) in [7, 11) is 0. The van der Waals surface area contributed by atoms with Crippen molar-refractivity contribution in [3.63, 3.8) is 0 Å². The SMILES string of the molecule is CCCCC1CCC(CCC2=CCc3cc(OC(F)(F)F)c(F)cc3C2)CC1. The maximum Gasteiger partial charge on any atom is 0.573 e. The Labute approximate surface area is 165 Å². The van der Waals surface area contributed by atoms with E-state index >= 15 is 0 Å². The predicted molar refractivity (Wildman–Crippen MR) is 103 cm³/mol. The van der Waals surface area contributed by atoms with E-state index in [1.165, 1.54) is 69.1 Å². The van der Waals surface area contributed by atoms with Crippen molar-refractivity contribution < 1.29 is 22.3 Å². The fourth-order valence-electron chi connectivity index (χ4n) is 4.65. The number of allylic oxidation sites excluding steroid dienone is 2. The molecule has 28 heavy (non-hydrogen) atoms. The van der Waals surface area contributed by atoms with Gasteiger partial charge in [0.05, 0.1) is 0 Å². The summed E-state index contributed by atoms with van der Waals surface area (Å²) >= 11 is 0. The molecule has 3 rings (SSSR count). The Morgan fingerprint density at radius 3 is 2.32 bits per heavy atom. The molecule has 0 bridgehead atoms. The summed E-state index contributed by atoms with van der Waals surface area (Å²) in [4.78, 5) is 0. The van der Waals surface area contributed by atoms with Gasteiger partial charge in [-0.3, -0.25) is 0 Å². The van der Waals surface area contributed by atoms with Crippen LogP contribution in [0.4, 0.5) is 17.6 Å². The second kappa shape index (κ2) is 9.32. The minimum absolute atomic E-state index is 0.545. The summed E-state index contributed by atoms with van der Waals surface area (Å²) in [5.74, 6) is 0.0122. The molecule has 0 atom stereocenters. The molecule has 0 spiro atoms. The number of hydrogen-bond donors (Lipinski definition) is 0. The molecule has 156 valence electrons. The number of rotatable bonds is 7. The molecule has 1 fully saturated rings. The van der Waals surface area contributed by atoms with Gasteiger partial charge in [0.1, 0.15) is 0 Å². The average Bonchev–Trinajstić information content (AvgIpc) is 2.65. The lowest BCUT2D eigenvalue weighted by atomic mass is 9.77. The average molecular weight is 398 g/mol. The van der Waals surface area contributed by atoms with E-state index in [1.54, 1.807) is 0 Å². The second-order valence-electron chi connectivity index (χ2n) is 8.41. The first-order chi connectivity index (χ1) is 13.3. The monoisotopic (exact) mass is 398 g/mol. The van der Waals surface area contributed by atoms with Gasteiger partial charge >= 0.3 is 6.36 Å². The number of benzene rings is 1. The molecule has 1 saturated carbocycles. The first kappa shape index (κ1) is 21.2. The number of fused-ring (bicyclic) bond motifs is 1. The maximum absolute atomic E-state index is 14.0. The fourth-order valence-corrected chi connectivity index (χ4v) is 4.65. The number of hydrogen-bond acceptors (Lipinski definition) is 1. The lowest BCUT2D eigenvalue weighted by Crippen LogP contribution is -2.18. The zero-order valence-electron chi connectivity index (χ0n) is 16.6. The maximum atomic E-state index is 14.0. The smallest absolute Gasteiger partial charge is 0.403 e. The van der Waals surface area contributed by atoms with Gasteiger partial charge in [-0.25, -0.2) is 4.39 Å². The molecule has 1 aromatic carbocycles. The molecule has 0 aromatic heterocycles. The Balaban J connectivity index is 1.50. The van der Waals surface area contributed by atoms with Crippen LogP contribution in [0.5, 0.6) is 5.75 Å². The Morgan fingerprint density at radius 2 is 1.68 bits per heavy atom. The Morgan fingerprint density at radius 1 is 1.00 bits per heavy atom. The standard InChI is InChI=1S/C23H30F4O/c1-2-3-4-16-5-7-17(8-6-16)9-10-18-11-12-19-15-22(28-23(25,26)27)21(24)14-20(19)13-18/h11,14-17H,2-10,12-13H2,1H3. The van der Waals surface area contributed by atoms with Crippen LogP contribution in [0.25, 0.3) is 0 Å². The molecule has 0 saturated heterocycles. The van der Waals surface area contributed by atoms with Crippen LogP contribution in [0.2, 0.25) is 0 Å². The molecule has 1 nitrogen and oxygen atoms in total. The van der Waals surface area contributed by atoms with E-state index in [9.17, 15) is 17.6 Å². The van der Waals surface area contributed by atoms with E-state index in [0.29, 0.717) is 12.8 Å². The minimum Gasteiger partial charge on any atom is -0.403 e. The molecule has 0 N–H and O–H groups in total. The van der Waals surface area contributed by atoms with Gasteiger partial charge in [0.2, 0.25) is 0 Å². The number of ether oxygens (including phenoxy) is 1. The predicted octanol–water partition coefficient (Wildman–Crippen LogP) is 7.53. The van der Waals surface area contributed by atoms with Crippen molar-refractivity contribution in [2.24, 2.45) is 11.8 Å². The van der Waals surface area contributed by atoms with Crippen molar-refractivity contribution >= 4 is 0 Å². The van der Waals surface area contributed by atoms with E-state index in [-0.39, 0.29) is 0 Å². The molecular weight excluding hydrogens is 368 g/mol. The first-order valence-corrected chi connectivity index (χ1v) is 10.6. The molecule has 2 aliphatic rings. The lowest BCUT2D eigenvalue weighted by Gasteiger charge is -2.29. The highest BCUT2D eigenvalue weighted by Gasteiger charge is 2.33. The third-order valence-electron chi connectivity index (χ3n) is 6.31. The van der Waals surface area contributed by atoms with Crippen LogP contribution in [0.3, 0.4) is 0 Å². The van der Waals surface area contributed by atoms with Gasteiger partial charge in [-0.15, -0.1) is 13.2 Å². The summed E-state index contributed by atoms with van der Waals surface area (Å²) in [5, 5.41) is 0. The number of halogens is 4. The van der Waals surface area contributed by atoms with Gasteiger partial charge in [0.15, 0.2) is 11.6 Å². The van der Waals surface area contributed by atoms with Crippen LogP contribution in [0.1, 0.15) is 75.8 Å². The van der Waals surface area contributed by atoms with Crippen LogP contribution in [-0.2, 0) is 12.8 Å². The molecule has 0 unspecified atom stereocenters. The van der Waals surface area contributed by atoms with E-state index in [1.807, 2.05) is 0 Å². The van der Waals surface area contributed by atoms with E-state index < -0.39 is 17.9 Å². The van der Waals surface area contributed by atoms with Gasteiger partial charge < -0.3 is 4.74 Å². The van der Waals surface area contributed by atoms with Gasteiger partial charge in [-0.1, -0.05) is 63.5 Å². The summed E-state index contributed by atoms with van der Waals surface area (Å²) in [6, 6.07) is 2.41. The fraction of sp³-hybridized carbons (Fsp3) is 0.652. The largest absolute Gasteiger partial charge is 0.573 e. The van der Waals surface area contributed by atoms with Crippen LogP contribution >= 0.6 is 0 Å². The number of alkyl halides is 3. The van der Waals surface area contributed by atoms with Gasteiger partial charge in [0.25, 0.3) is 0 Å². The first-order valence-electron chi connectivity index (χ1n) is 10.6. The Kier molecular flexibility index (Phi) is 7.05. The van der Waals surface area contributed by atoms with Crippen molar-refractivity contribution in [2.45, 2.75) is 83.9 Å². The summed E-state index contributed by atoms with van der Waals surface area (Å²) in [6.45, 7) is 2.25. The molecule has 0 amide bonds. The van der Waals surface area contributed by atoms with Crippen LogP contribution < -0.4 is 4.74 Å². The van der Waals surface area contributed by atoms with Crippen molar-refractivity contribution in [1.29, 1.82) is 0 Å². The highest BCUT2D eigenvalue weighted by molar-refractivity contribution is 5.43. The second-order valence-corrected chi connectivity index (χ2v) is 8.41. The van der Waals surface area contributed by atoms with E-state index in [0.717, 1.165) is 29.4 Å². The van der Waals surface area contributed by atoms with Crippen LogP contribution in [0, 0.1) is 17.7 Å². The van der Waals surface area contributed by atoms with Crippen molar-refractivity contribution in [1.82, 2.24) is 0 Å². The molecule has 0 heterocycles. The van der Waals surface area contributed by atoms with Gasteiger partial charge in [-0.2, -0.15) is 0 Å². The summed E-state index contributed by atoms with van der Waals surface area (Å²) in [5.41, 5.74) is 2.79. The van der Waals surface area contributed by atoms with E-state index in [4.69, 9.17) is 0 Å². The third-order valence-corrected chi connectivity index (χ3v) is 6.31. The highest BCUT2D eigenvalue weighted by Crippen LogP contribution is 2.36. The van der Waals surface area contributed by atoms with Crippen molar-refractivity contribution in [2.75, 3.05) is 0 Å². The van der Waals surface area contributed by atoms with Crippen molar-refractivity contribution in [3.05, 3.63) is 40.7 Å². The molecular formula is C23H30F4O. The molecule has 5 heteroatoms. The van der Waals surface area contributed by atoms with Gasteiger partial charge in [-0.05, 0) is 60.8 Å². The van der Waals surface area contributed by atoms with E-state index in [2.05, 4.69) is 17.7 Å². The van der Waals surface area contributed by atoms with Crippen LogP contribution in [0.15, 0.2) is 23.8 Å². The topological polar surface area (TPSA) is 9.23 Å². The third kappa shape index (κ3) is 5.99. The Hall–Kier alpha value is -1.52. The Bertz CT molecular complexity index is 685. The molecule has 1 aromatic rings. The summed E-state index contributed by atoms with van der Waals surface area (Å²) in [6.07, 6.45) is 9.88. The lowest BCUT2D eigenvalue weighted by molar-refractivity contribution is -0.275. The summed E-state index contributed by atoms with van der Waals surface area (Å²) < 4.78 is 54.9. The van der Waals surface area contributed by atoms with Gasteiger partial charge in [0, 0.05) is 0 Å². The zero-order valence-corrected chi connectivity index (χ0v) is 16.6. The quantitative estimate of drug-likeness (QED) is 0.341. The normalized spacial score (nSPS) is 22.5. The van der Waals surface area contributed by atoms with Crippen LogP contribution in [-0.4, -0.2) is 6.36 Å². The minimum atomic E-state index is -4.87. The molecule has 0 aliphatic heterocycles. The van der Waals surface area contributed by atoms with Crippen molar-refractivity contribution in [3.8, 4) is 5.75 Å². The molecule has 0 radical (unpaired) electrons. The zero-order chi connectivity index (χ0) is 20.1. The highest BCUT2D eigenvalue weighted by atomic mass is 19.4.